The molecule has 3 rings (SSSR count). The largest absolute Gasteiger partial charge is 0.395 e. The number of benzene rings is 1. The minimum atomic E-state index is -0.465. The van der Waals surface area contributed by atoms with Crippen molar-refractivity contribution in [2.24, 2.45) is 5.73 Å². The SMILES string of the molecule is NC(=O)c1cccc(-c2nccc([C@H]3CCCN3CCO)n2)c1. The van der Waals surface area contributed by atoms with Crippen LogP contribution in [0.3, 0.4) is 0 Å². The summed E-state index contributed by atoms with van der Waals surface area (Å²) in [6.45, 7) is 1.78. The minimum Gasteiger partial charge on any atom is -0.395 e. The van der Waals surface area contributed by atoms with Crippen molar-refractivity contribution in [3.05, 3.63) is 47.8 Å². The summed E-state index contributed by atoms with van der Waals surface area (Å²) in [6.07, 6.45) is 3.86. The molecule has 2 heterocycles. The van der Waals surface area contributed by atoms with Crippen molar-refractivity contribution in [1.29, 1.82) is 0 Å². The molecule has 1 aromatic carbocycles. The molecule has 0 spiro atoms. The first kappa shape index (κ1) is 15.6. The van der Waals surface area contributed by atoms with E-state index in [0.29, 0.717) is 17.9 Å². The zero-order valence-electron chi connectivity index (χ0n) is 12.9. The number of carbonyl (C=O) groups is 1. The Morgan fingerprint density at radius 3 is 3.04 bits per heavy atom. The van der Waals surface area contributed by atoms with Crippen molar-refractivity contribution in [1.82, 2.24) is 14.9 Å². The van der Waals surface area contributed by atoms with Crippen molar-refractivity contribution in [3.63, 3.8) is 0 Å². The highest BCUT2D eigenvalue weighted by molar-refractivity contribution is 5.93. The molecular weight excluding hydrogens is 292 g/mol. The van der Waals surface area contributed by atoms with Crippen LogP contribution in [0.1, 0.15) is 34.9 Å². The van der Waals surface area contributed by atoms with Crippen LogP contribution < -0.4 is 5.73 Å². The van der Waals surface area contributed by atoms with E-state index in [4.69, 9.17) is 5.73 Å². The van der Waals surface area contributed by atoms with Crippen molar-refractivity contribution in [2.45, 2.75) is 18.9 Å². The summed E-state index contributed by atoms with van der Waals surface area (Å²) in [4.78, 5) is 22.6. The fraction of sp³-hybridized carbons (Fsp3) is 0.353. The molecule has 1 saturated heterocycles. The lowest BCUT2D eigenvalue weighted by Gasteiger charge is -2.23. The molecule has 0 unspecified atom stereocenters. The first-order valence-electron chi connectivity index (χ1n) is 7.77. The number of rotatable bonds is 5. The average Bonchev–Trinajstić information content (AvgIpc) is 3.04. The number of β-amino-alcohol motifs (C(OH)–C–C–N with tert-alkyl or cyclic N) is 1. The maximum atomic E-state index is 11.3. The summed E-state index contributed by atoms with van der Waals surface area (Å²) < 4.78 is 0. The fourth-order valence-corrected chi connectivity index (χ4v) is 3.07. The standard InChI is InChI=1S/C17H20N4O2/c18-16(23)12-3-1-4-13(11-12)17-19-7-6-14(20-17)15-5-2-8-21(15)9-10-22/h1,3-4,6-7,11,15,22H,2,5,8-10H2,(H2,18,23)/t15-/m1/s1. The Morgan fingerprint density at radius 2 is 2.26 bits per heavy atom. The molecule has 23 heavy (non-hydrogen) atoms. The average molecular weight is 312 g/mol. The van der Waals surface area contributed by atoms with Gasteiger partial charge in [-0.2, -0.15) is 0 Å². The van der Waals surface area contributed by atoms with E-state index in [0.717, 1.165) is 30.6 Å². The van der Waals surface area contributed by atoms with Gasteiger partial charge >= 0.3 is 0 Å². The van der Waals surface area contributed by atoms with Gasteiger partial charge in [0.1, 0.15) is 0 Å². The Bertz CT molecular complexity index is 704. The summed E-state index contributed by atoms with van der Waals surface area (Å²) in [6, 6.07) is 9.16. The number of aromatic nitrogens is 2. The van der Waals surface area contributed by atoms with Gasteiger partial charge in [-0.05, 0) is 37.6 Å². The molecule has 0 saturated carbocycles. The number of aliphatic hydroxyl groups excluding tert-OH is 1. The number of likely N-dealkylation sites (tertiary alicyclic amines) is 1. The lowest BCUT2D eigenvalue weighted by atomic mass is 10.1. The summed E-state index contributed by atoms with van der Waals surface area (Å²) in [5.41, 5.74) is 7.50. The van der Waals surface area contributed by atoms with Gasteiger partial charge in [0.15, 0.2) is 5.82 Å². The smallest absolute Gasteiger partial charge is 0.248 e. The molecule has 6 nitrogen and oxygen atoms in total. The van der Waals surface area contributed by atoms with Gasteiger partial charge in [0.2, 0.25) is 5.91 Å². The molecule has 0 bridgehead atoms. The number of primary amides is 1. The molecule has 0 aliphatic carbocycles. The van der Waals surface area contributed by atoms with Crippen molar-refractivity contribution in [3.8, 4) is 11.4 Å². The Labute approximate surface area is 135 Å². The highest BCUT2D eigenvalue weighted by Crippen LogP contribution is 2.31. The van der Waals surface area contributed by atoms with Crippen LogP contribution in [0, 0.1) is 0 Å². The van der Waals surface area contributed by atoms with Crippen molar-refractivity contribution < 1.29 is 9.90 Å². The zero-order chi connectivity index (χ0) is 16.2. The van der Waals surface area contributed by atoms with E-state index in [1.54, 1.807) is 24.4 Å². The normalized spacial score (nSPS) is 18.2. The van der Waals surface area contributed by atoms with Gasteiger partial charge in [-0.3, -0.25) is 9.69 Å². The number of nitrogens with two attached hydrogens (primary N) is 1. The highest BCUT2D eigenvalue weighted by Gasteiger charge is 2.26. The maximum Gasteiger partial charge on any atom is 0.248 e. The van der Waals surface area contributed by atoms with Gasteiger partial charge < -0.3 is 10.8 Å². The maximum absolute atomic E-state index is 11.3. The number of hydrogen-bond donors (Lipinski definition) is 2. The van der Waals surface area contributed by atoms with E-state index in [1.165, 1.54) is 0 Å². The van der Waals surface area contributed by atoms with Gasteiger partial charge in [0, 0.05) is 23.9 Å². The van der Waals surface area contributed by atoms with E-state index >= 15 is 0 Å². The molecule has 1 aromatic heterocycles. The van der Waals surface area contributed by atoms with E-state index in [9.17, 15) is 9.90 Å². The zero-order valence-corrected chi connectivity index (χ0v) is 12.9. The van der Waals surface area contributed by atoms with E-state index in [1.807, 2.05) is 12.1 Å². The topological polar surface area (TPSA) is 92.3 Å². The predicted molar refractivity (Wildman–Crippen MR) is 86.6 cm³/mol. The van der Waals surface area contributed by atoms with Gasteiger partial charge in [-0.15, -0.1) is 0 Å². The van der Waals surface area contributed by atoms with Crippen LogP contribution in [0.2, 0.25) is 0 Å². The lowest BCUT2D eigenvalue weighted by molar-refractivity contribution is 0.100. The third-order valence-corrected chi connectivity index (χ3v) is 4.17. The number of amides is 1. The van der Waals surface area contributed by atoms with Gasteiger partial charge in [0.05, 0.1) is 18.3 Å². The lowest BCUT2D eigenvalue weighted by Crippen LogP contribution is -2.27. The van der Waals surface area contributed by atoms with Crippen LogP contribution >= 0.6 is 0 Å². The van der Waals surface area contributed by atoms with E-state index in [-0.39, 0.29) is 12.6 Å². The van der Waals surface area contributed by atoms with Gasteiger partial charge in [0.25, 0.3) is 0 Å². The molecule has 1 aliphatic heterocycles. The molecule has 2 aromatic rings. The number of carbonyl (C=O) groups excluding carboxylic acids is 1. The second kappa shape index (κ2) is 6.85. The van der Waals surface area contributed by atoms with Crippen LogP contribution in [0.5, 0.6) is 0 Å². The van der Waals surface area contributed by atoms with Crippen LogP contribution in [0.15, 0.2) is 36.5 Å². The summed E-state index contributed by atoms with van der Waals surface area (Å²) in [7, 11) is 0. The minimum absolute atomic E-state index is 0.148. The molecule has 1 atom stereocenters. The summed E-state index contributed by atoms with van der Waals surface area (Å²) in [5.74, 6) is 0.120. The molecule has 6 heteroatoms. The third kappa shape index (κ3) is 3.38. The molecule has 1 fully saturated rings. The molecule has 1 aliphatic rings. The quantitative estimate of drug-likeness (QED) is 0.870. The second-order valence-corrected chi connectivity index (χ2v) is 5.67. The van der Waals surface area contributed by atoms with Gasteiger partial charge in [-0.25, -0.2) is 9.97 Å². The number of hydrogen-bond acceptors (Lipinski definition) is 5. The Morgan fingerprint density at radius 1 is 1.39 bits per heavy atom. The summed E-state index contributed by atoms with van der Waals surface area (Å²) in [5, 5.41) is 9.19. The fourth-order valence-electron chi connectivity index (χ4n) is 3.07. The van der Waals surface area contributed by atoms with Crippen molar-refractivity contribution in [2.75, 3.05) is 19.7 Å². The van der Waals surface area contributed by atoms with E-state index < -0.39 is 5.91 Å². The molecule has 0 radical (unpaired) electrons. The highest BCUT2D eigenvalue weighted by atomic mass is 16.3. The Kier molecular flexibility index (Phi) is 4.64. The molecule has 1 amide bonds. The van der Waals surface area contributed by atoms with E-state index in [2.05, 4.69) is 14.9 Å². The second-order valence-electron chi connectivity index (χ2n) is 5.67. The molecular formula is C17H20N4O2. The van der Waals surface area contributed by atoms with Crippen LogP contribution in [-0.4, -0.2) is 45.6 Å². The van der Waals surface area contributed by atoms with Crippen LogP contribution in [0.25, 0.3) is 11.4 Å². The van der Waals surface area contributed by atoms with Crippen molar-refractivity contribution >= 4 is 5.91 Å². The Balaban J connectivity index is 1.91. The molecule has 3 N–H and O–H groups in total. The first-order chi connectivity index (χ1) is 11.2. The van der Waals surface area contributed by atoms with Crippen LogP contribution in [0.4, 0.5) is 0 Å². The number of nitrogens with zero attached hydrogens (tertiary/aromatic N) is 3. The van der Waals surface area contributed by atoms with Crippen LogP contribution in [-0.2, 0) is 0 Å². The number of aliphatic hydroxyl groups is 1. The monoisotopic (exact) mass is 312 g/mol. The third-order valence-electron chi connectivity index (χ3n) is 4.17. The van der Waals surface area contributed by atoms with Gasteiger partial charge in [-0.1, -0.05) is 12.1 Å². The molecule has 120 valence electrons. The predicted octanol–water partition coefficient (Wildman–Crippen LogP) is 1.37. The Hall–Kier alpha value is -2.31. The summed E-state index contributed by atoms with van der Waals surface area (Å²) >= 11 is 0. The first-order valence-corrected chi connectivity index (χ1v) is 7.77.